The van der Waals surface area contributed by atoms with E-state index in [1.165, 1.54) is 5.56 Å². The summed E-state index contributed by atoms with van der Waals surface area (Å²) in [7, 11) is 3.73. The Bertz CT molecular complexity index is 947. The van der Waals surface area contributed by atoms with E-state index in [0.717, 1.165) is 34.4 Å². The Morgan fingerprint density at radius 2 is 1.71 bits per heavy atom. The number of rotatable bonds is 6. The van der Waals surface area contributed by atoms with Gasteiger partial charge in [0, 0.05) is 38.4 Å². The SMILES string of the molecule is CN=C(NCc1cccc(Oc2ccccc2)c1)NCc1c(C)nn(C)c1C. The van der Waals surface area contributed by atoms with Gasteiger partial charge in [-0.2, -0.15) is 5.10 Å². The number of aryl methyl sites for hydroxylation is 2. The van der Waals surface area contributed by atoms with Crippen molar-refractivity contribution in [1.29, 1.82) is 0 Å². The second-order valence-electron chi connectivity index (χ2n) is 6.61. The number of nitrogens with one attached hydrogen (secondary N) is 2. The quantitative estimate of drug-likeness (QED) is 0.508. The molecule has 0 atom stereocenters. The summed E-state index contributed by atoms with van der Waals surface area (Å²) in [4.78, 5) is 4.31. The lowest BCUT2D eigenvalue weighted by molar-refractivity contribution is 0.482. The third-order valence-corrected chi connectivity index (χ3v) is 4.65. The van der Waals surface area contributed by atoms with Crippen molar-refractivity contribution in [2.45, 2.75) is 26.9 Å². The van der Waals surface area contributed by atoms with Crippen LogP contribution in [-0.4, -0.2) is 22.8 Å². The van der Waals surface area contributed by atoms with Crippen LogP contribution in [0.25, 0.3) is 0 Å². The predicted octanol–water partition coefficient (Wildman–Crippen LogP) is 3.69. The average Bonchev–Trinajstić information content (AvgIpc) is 2.95. The zero-order valence-electron chi connectivity index (χ0n) is 16.9. The maximum atomic E-state index is 5.90. The summed E-state index contributed by atoms with van der Waals surface area (Å²) in [5, 5.41) is 11.2. The van der Waals surface area contributed by atoms with Gasteiger partial charge in [0.15, 0.2) is 5.96 Å². The number of guanidine groups is 1. The highest BCUT2D eigenvalue weighted by Crippen LogP contribution is 2.21. The van der Waals surface area contributed by atoms with Gasteiger partial charge in [0.25, 0.3) is 0 Å². The van der Waals surface area contributed by atoms with Crippen molar-refractivity contribution in [1.82, 2.24) is 20.4 Å². The molecule has 0 spiro atoms. The van der Waals surface area contributed by atoms with Crippen LogP contribution in [0.15, 0.2) is 59.6 Å². The molecule has 0 aliphatic carbocycles. The van der Waals surface area contributed by atoms with Crippen molar-refractivity contribution < 1.29 is 4.74 Å². The van der Waals surface area contributed by atoms with Crippen LogP contribution < -0.4 is 15.4 Å². The van der Waals surface area contributed by atoms with Crippen molar-refractivity contribution >= 4 is 5.96 Å². The van der Waals surface area contributed by atoms with Crippen molar-refractivity contribution in [2.24, 2.45) is 12.0 Å². The standard InChI is InChI=1S/C22H27N5O/c1-16-21(17(2)27(4)26-16)15-25-22(23-3)24-14-18-9-8-12-20(13-18)28-19-10-6-5-7-11-19/h5-13H,14-15H2,1-4H3,(H2,23,24,25). The van der Waals surface area contributed by atoms with E-state index in [9.17, 15) is 0 Å². The van der Waals surface area contributed by atoms with E-state index >= 15 is 0 Å². The smallest absolute Gasteiger partial charge is 0.191 e. The summed E-state index contributed by atoms with van der Waals surface area (Å²) >= 11 is 0. The van der Waals surface area contributed by atoms with Crippen LogP contribution in [0.2, 0.25) is 0 Å². The van der Waals surface area contributed by atoms with Gasteiger partial charge in [-0.1, -0.05) is 30.3 Å². The Morgan fingerprint density at radius 1 is 1.00 bits per heavy atom. The Labute approximate surface area is 166 Å². The molecule has 0 aliphatic rings. The molecule has 0 amide bonds. The van der Waals surface area contributed by atoms with Crippen molar-refractivity contribution in [3.63, 3.8) is 0 Å². The van der Waals surface area contributed by atoms with Gasteiger partial charge in [-0.15, -0.1) is 0 Å². The second-order valence-corrected chi connectivity index (χ2v) is 6.61. The molecule has 0 bridgehead atoms. The van der Waals surface area contributed by atoms with E-state index in [0.29, 0.717) is 13.1 Å². The van der Waals surface area contributed by atoms with Gasteiger partial charge in [0.1, 0.15) is 11.5 Å². The lowest BCUT2D eigenvalue weighted by atomic mass is 10.2. The Hall–Kier alpha value is -3.28. The molecule has 28 heavy (non-hydrogen) atoms. The minimum absolute atomic E-state index is 0.649. The summed E-state index contributed by atoms with van der Waals surface area (Å²) in [6.07, 6.45) is 0. The first-order chi connectivity index (χ1) is 13.6. The minimum atomic E-state index is 0.649. The van der Waals surface area contributed by atoms with E-state index in [-0.39, 0.29) is 0 Å². The van der Waals surface area contributed by atoms with E-state index < -0.39 is 0 Å². The zero-order chi connectivity index (χ0) is 19.9. The molecule has 0 aliphatic heterocycles. The molecule has 6 heteroatoms. The first-order valence-corrected chi connectivity index (χ1v) is 9.32. The highest BCUT2D eigenvalue weighted by atomic mass is 16.5. The van der Waals surface area contributed by atoms with Crippen LogP contribution in [0.4, 0.5) is 0 Å². The number of aliphatic imine (C=N–C) groups is 1. The van der Waals surface area contributed by atoms with Crippen LogP contribution in [-0.2, 0) is 20.1 Å². The van der Waals surface area contributed by atoms with Crippen molar-refractivity contribution in [3.05, 3.63) is 77.1 Å². The van der Waals surface area contributed by atoms with Crippen LogP contribution in [0, 0.1) is 13.8 Å². The first-order valence-electron chi connectivity index (χ1n) is 9.32. The molecule has 6 nitrogen and oxygen atoms in total. The largest absolute Gasteiger partial charge is 0.457 e. The molecule has 0 radical (unpaired) electrons. The summed E-state index contributed by atoms with van der Waals surface area (Å²) in [5.74, 6) is 2.39. The highest BCUT2D eigenvalue weighted by molar-refractivity contribution is 5.79. The molecule has 0 saturated carbocycles. The second kappa shape index (κ2) is 9.08. The van der Waals surface area contributed by atoms with Crippen molar-refractivity contribution in [3.8, 4) is 11.5 Å². The van der Waals surface area contributed by atoms with Crippen LogP contribution in [0.5, 0.6) is 11.5 Å². The predicted molar refractivity (Wildman–Crippen MR) is 113 cm³/mol. The van der Waals surface area contributed by atoms with Gasteiger partial charge >= 0.3 is 0 Å². The monoisotopic (exact) mass is 377 g/mol. The van der Waals surface area contributed by atoms with Crippen LogP contribution in [0.1, 0.15) is 22.5 Å². The number of benzene rings is 2. The topological polar surface area (TPSA) is 63.5 Å². The number of para-hydroxylation sites is 1. The molecule has 3 rings (SSSR count). The number of hydrogen-bond donors (Lipinski definition) is 2. The fourth-order valence-corrected chi connectivity index (χ4v) is 3.00. The van der Waals surface area contributed by atoms with Crippen LogP contribution in [0.3, 0.4) is 0 Å². The minimum Gasteiger partial charge on any atom is -0.457 e. The molecule has 2 N–H and O–H groups in total. The number of ether oxygens (including phenoxy) is 1. The van der Waals surface area contributed by atoms with Gasteiger partial charge in [0.2, 0.25) is 0 Å². The van der Waals surface area contributed by atoms with E-state index in [1.807, 2.05) is 67.2 Å². The summed E-state index contributed by atoms with van der Waals surface area (Å²) in [6, 6.07) is 17.8. The average molecular weight is 377 g/mol. The summed E-state index contributed by atoms with van der Waals surface area (Å²) in [5.41, 5.74) is 4.51. The molecule has 2 aromatic carbocycles. The van der Waals surface area contributed by atoms with E-state index in [1.54, 1.807) is 7.05 Å². The molecule has 1 heterocycles. The molecule has 0 saturated heterocycles. The van der Waals surface area contributed by atoms with E-state index in [2.05, 4.69) is 33.7 Å². The maximum Gasteiger partial charge on any atom is 0.191 e. The Morgan fingerprint density at radius 3 is 2.39 bits per heavy atom. The first kappa shape index (κ1) is 19.5. The normalized spacial score (nSPS) is 11.4. The third kappa shape index (κ3) is 4.91. The molecule has 146 valence electrons. The molecular weight excluding hydrogens is 350 g/mol. The lowest BCUT2D eigenvalue weighted by Crippen LogP contribution is -2.36. The fourth-order valence-electron chi connectivity index (χ4n) is 3.00. The number of hydrogen-bond acceptors (Lipinski definition) is 3. The third-order valence-electron chi connectivity index (χ3n) is 4.65. The fraction of sp³-hybridized carbons (Fsp3) is 0.273. The van der Waals surface area contributed by atoms with Gasteiger partial charge in [0.05, 0.1) is 5.69 Å². The van der Waals surface area contributed by atoms with Gasteiger partial charge < -0.3 is 15.4 Å². The molecule has 1 aromatic heterocycles. The van der Waals surface area contributed by atoms with Crippen LogP contribution >= 0.6 is 0 Å². The van der Waals surface area contributed by atoms with Gasteiger partial charge in [-0.3, -0.25) is 9.67 Å². The molecule has 0 fully saturated rings. The van der Waals surface area contributed by atoms with E-state index in [4.69, 9.17) is 4.74 Å². The highest BCUT2D eigenvalue weighted by Gasteiger charge is 2.09. The molecule has 3 aromatic rings. The maximum absolute atomic E-state index is 5.90. The van der Waals surface area contributed by atoms with Gasteiger partial charge in [-0.05, 0) is 43.7 Å². The summed E-state index contributed by atoms with van der Waals surface area (Å²) < 4.78 is 7.81. The lowest BCUT2D eigenvalue weighted by Gasteiger charge is -2.13. The Kier molecular flexibility index (Phi) is 6.32. The summed E-state index contributed by atoms with van der Waals surface area (Å²) in [6.45, 7) is 5.43. The molecular formula is C22H27N5O. The number of nitrogens with zero attached hydrogens (tertiary/aromatic N) is 3. The number of aromatic nitrogens is 2. The zero-order valence-corrected chi connectivity index (χ0v) is 16.9. The van der Waals surface area contributed by atoms with Crippen molar-refractivity contribution in [2.75, 3.05) is 7.05 Å². The molecule has 0 unspecified atom stereocenters. The Balaban J connectivity index is 1.57. The van der Waals surface area contributed by atoms with Gasteiger partial charge in [-0.25, -0.2) is 0 Å².